The molecule has 0 fully saturated rings. The lowest BCUT2D eigenvalue weighted by Crippen LogP contribution is -2.33. The first kappa shape index (κ1) is 13.2. The van der Waals surface area contributed by atoms with Crippen LogP contribution in [0.25, 0.3) is 0 Å². The fraction of sp³-hybridized carbons (Fsp3) is 0.667. The second kappa shape index (κ2) is 5.43. The Hall–Kier alpha value is -0.900. The molecule has 0 aliphatic rings. The van der Waals surface area contributed by atoms with E-state index >= 15 is 0 Å². The van der Waals surface area contributed by atoms with Gasteiger partial charge in [-0.3, -0.25) is 4.79 Å². The molecule has 0 amide bonds. The van der Waals surface area contributed by atoms with Crippen molar-refractivity contribution in [2.75, 3.05) is 11.9 Å². The van der Waals surface area contributed by atoms with Crippen LogP contribution in [-0.2, 0) is 6.42 Å². The number of hydrogen-bond acceptors (Lipinski definition) is 4. The van der Waals surface area contributed by atoms with Crippen molar-refractivity contribution < 1.29 is 4.79 Å². The molecule has 1 aromatic rings. The normalized spacial score (nSPS) is 12.9. The van der Waals surface area contributed by atoms with E-state index in [1.807, 2.05) is 14.0 Å². The van der Waals surface area contributed by atoms with Crippen LogP contribution in [0.15, 0.2) is 0 Å². The summed E-state index contributed by atoms with van der Waals surface area (Å²) in [6.07, 6.45) is 1.72. The third kappa shape index (κ3) is 2.61. The maximum atomic E-state index is 10.9. The number of rotatable bonds is 5. The van der Waals surface area contributed by atoms with Gasteiger partial charge in [-0.15, -0.1) is 0 Å². The topological polar surface area (TPSA) is 33.2 Å². The number of hydrogen-bond donors (Lipinski definition) is 0. The summed E-state index contributed by atoms with van der Waals surface area (Å²) >= 11 is 1.48. The minimum absolute atomic E-state index is 0.426. The van der Waals surface area contributed by atoms with Gasteiger partial charge in [0.1, 0.15) is 0 Å². The molecule has 0 aromatic carbocycles. The molecule has 16 heavy (non-hydrogen) atoms. The molecule has 1 aromatic heterocycles. The van der Waals surface area contributed by atoms with Crippen molar-refractivity contribution >= 4 is 22.8 Å². The molecule has 1 atom stereocenters. The van der Waals surface area contributed by atoms with Crippen molar-refractivity contribution in [3.8, 4) is 0 Å². The number of anilines is 1. The summed E-state index contributed by atoms with van der Waals surface area (Å²) in [4.78, 5) is 18.3. The van der Waals surface area contributed by atoms with Crippen molar-refractivity contribution in [2.45, 2.75) is 40.2 Å². The van der Waals surface area contributed by atoms with Crippen molar-refractivity contribution in [2.24, 2.45) is 5.92 Å². The van der Waals surface area contributed by atoms with Crippen molar-refractivity contribution in [1.29, 1.82) is 0 Å². The first-order valence-corrected chi connectivity index (χ1v) is 6.50. The minimum atomic E-state index is 0.426. The van der Waals surface area contributed by atoms with Crippen LogP contribution in [-0.4, -0.2) is 24.4 Å². The summed E-state index contributed by atoms with van der Waals surface area (Å²) in [6.45, 7) is 8.59. The van der Waals surface area contributed by atoms with Gasteiger partial charge in [0.2, 0.25) is 0 Å². The third-order valence-corrected chi connectivity index (χ3v) is 4.15. The van der Waals surface area contributed by atoms with Gasteiger partial charge >= 0.3 is 0 Å². The molecule has 90 valence electrons. The standard InChI is InChI=1S/C12H20N2OS/c1-6-10-11(7-15)16-12(13-10)14(5)9(4)8(2)3/h7-9H,6H2,1-5H3. The quantitative estimate of drug-likeness (QED) is 0.742. The first-order chi connectivity index (χ1) is 7.51. The molecular weight excluding hydrogens is 220 g/mol. The van der Waals surface area contributed by atoms with E-state index in [4.69, 9.17) is 0 Å². The maximum absolute atomic E-state index is 10.9. The van der Waals surface area contributed by atoms with E-state index in [9.17, 15) is 4.79 Å². The molecule has 0 spiro atoms. The second-order valence-electron chi connectivity index (χ2n) is 4.37. The zero-order chi connectivity index (χ0) is 12.3. The summed E-state index contributed by atoms with van der Waals surface area (Å²) in [5.74, 6) is 0.568. The summed E-state index contributed by atoms with van der Waals surface area (Å²) < 4.78 is 0. The number of aromatic nitrogens is 1. The van der Waals surface area contributed by atoms with Gasteiger partial charge in [0, 0.05) is 13.1 Å². The lowest BCUT2D eigenvalue weighted by Gasteiger charge is -2.27. The monoisotopic (exact) mass is 240 g/mol. The van der Waals surface area contributed by atoms with Crippen LogP contribution in [0.4, 0.5) is 5.13 Å². The van der Waals surface area contributed by atoms with E-state index < -0.39 is 0 Å². The lowest BCUT2D eigenvalue weighted by atomic mass is 10.1. The Bertz CT molecular complexity index is 360. The molecule has 0 radical (unpaired) electrons. The molecule has 1 unspecified atom stereocenters. The van der Waals surface area contributed by atoms with Crippen LogP contribution < -0.4 is 4.90 Å². The molecule has 1 heterocycles. The highest BCUT2D eigenvalue weighted by Gasteiger charge is 2.18. The van der Waals surface area contributed by atoms with Gasteiger partial charge in [-0.1, -0.05) is 32.1 Å². The van der Waals surface area contributed by atoms with Gasteiger partial charge in [-0.2, -0.15) is 0 Å². The largest absolute Gasteiger partial charge is 0.348 e. The summed E-state index contributed by atoms with van der Waals surface area (Å²) in [5.41, 5.74) is 0.915. The number of nitrogens with zero attached hydrogens (tertiary/aromatic N) is 2. The predicted molar refractivity (Wildman–Crippen MR) is 69.6 cm³/mol. The molecule has 0 saturated carbocycles. The van der Waals surface area contributed by atoms with Crippen LogP contribution in [0.3, 0.4) is 0 Å². The maximum Gasteiger partial charge on any atom is 0.186 e. The number of thiazole rings is 1. The minimum Gasteiger partial charge on any atom is -0.348 e. The van der Waals surface area contributed by atoms with Gasteiger partial charge in [-0.25, -0.2) is 4.98 Å². The Balaban J connectivity index is 2.95. The van der Waals surface area contributed by atoms with E-state index in [0.717, 1.165) is 28.4 Å². The molecule has 3 nitrogen and oxygen atoms in total. The van der Waals surface area contributed by atoms with Crippen molar-refractivity contribution in [3.05, 3.63) is 10.6 Å². The van der Waals surface area contributed by atoms with Gasteiger partial charge in [0.25, 0.3) is 0 Å². The van der Waals surface area contributed by atoms with Crippen LogP contribution in [0.5, 0.6) is 0 Å². The molecule has 0 aliphatic carbocycles. The van der Waals surface area contributed by atoms with Gasteiger partial charge in [0.15, 0.2) is 11.4 Å². The molecular formula is C12H20N2OS. The summed E-state index contributed by atoms with van der Waals surface area (Å²) in [6, 6.07) is 0.426. The Kier molecular flexibility index (Phi) is 4.47. The van der Waals surface area contributed by atoms with Crippen LogP contribution >= 0.6 is 11.3 Å². The highest BCUT2D eigenvalue weighted by molar-refractivity contribution is 7.17. The van der Waals surface area contributed by atoms with Crippen LogP contribution in [0, 0.1) is 5.92 Å². The lowest BCUT2D eigenvalue weighted by molar-refractivity contribution is 0.112. The highest BCUT2D eigenvalue weighted by atomic mass is 32.1. The number of aldehydes is 1. The molecule has 0 bridgehead atoms. The zero-order valence-electron chi connectivity index (χ0n) is 10.7. The van der Waals surface area contributed by atoms with E-state index in [0.29, 0.717) is 12.0 Å². The average molecular weight is 240 g/mol. The van der Waals surface area contributed by atoms with Gasteiger partial charge in [0.05, 0.1) is 10.6 Å². The number of carbonyl (C=O) groups excluding carboxylic acids is 1. The Morgan fingerprint density at radius 1 is 1.44 bits per heavy atom. The van der Waals surface area contributed by atoms with Crippen molar-refractivity contribution in [3.63, 3.8) is 0 Å². The Labute approximate surface area is 101 Å². The molecule has 1 rings (SSSR count). The van der Waals surface area contributed by atoms with E-state index in [1.165, 1.54) is 11.3 Å². The number of aryl methyl sites for hydroxylation is 1. The van der Waals surface area contributed by atoms with Crippen LogP contribution in [0.2, 0.25) is 0 Å². The molecule has 0 aliphatic heterocycles. The zero-order valence-corrected chi connectivity index (χ0v) is 11.5. The smallest absolute Gasteiger partial charge is 0.186 e. The SMILES string of the molecule is CCc1nc(N(C)C(C)C(C)C)sc1C=O. The van der Waals surface area contributed by atoms with Crippen molar-refractivity contribution in [1.82, 2.24) is 4.98 Å². The van der Waals surface area contributed by atoms with E-state index in [2.05, 4.69) is 30.7 Å². The fourth-order valence-electron chi connectivity index (χ4n) is 1.47. The van der Waals surface area contributed by atoms with Gasteiger partial charge < -0.3 is 4.90 Å². The summed E-state index contributed by atoms with van der Waals surface area (Å²) in [7, 11) is 2.04. The number of carbonyl (C=O) groups is 1. The van der Waals surface area contributed by atoms with Crippen LogP contribution in [0.1, 0.15) is 43.1 Å². The predicted octanol–water partition coefficient (Wildman–Crippen LogP) is 3.00. The first-order valence-electron chi connectivity index (χ1n) is 5.68. The second-order valence-corrected chi connectivity index (χ2v) is 5.38. The molecule has 0 N–H and O–H groups in total. The van der Waals surface area contributed by atoms with Gasteiger partial charge in [-0.05, 0) is 19.3 Å². The van der Waals surface area contributed by atoms with E-state index in [1.54, 1.807) is 0 Å². The Morgan fingerprint density at radius 2 is 2.06 bits per heavy atom. The Morgan fingerprint density at radius 3 is 2.44 bits per heavy atom. The average Bonchev–Trinajstić information content (AvgIpc) is 2.69. The van der Waals surface area contributed by atoms with E-state index in [-0.39, 0.29) is 0 Å². The molecule has 0 saturated heterocycles. The molecule has 4 heteroatoms. The highest BCUT2D eigenvalue weighted by Crippen LogP contribution is 2.27. The third-order valence-electron chi connectivity index (χ3n) is 3.04. The summed E-state index contributed by atoms with van der Waals surface area (Å²) in [5, 5.41) is 0.945. The fourth-order valence-corrected chi connectivity index (χ4v) is 2.49.